The summed E-state index contributed by atoms with van der Waals surface area (Å²) in [5.74, 6) is 0.0316. The first-order chi connectivity index (χ1) is 12.9. The van der Waals surface area contributed by atoms with Gasteiger partial charge in [-0.15, -0.1) is 5.75 Å². The maximum Gasteiger partial charge on any atom is 1.00 e. The van der Waals surface area contributed by atoms with Gasteiger partial charge in [-0.2, -0.15) is 8.42 Å². The van der Waals surface area contributed by atoms with E-state index in [0.29, 0.717) is 12.0 Å². The van der Waals surface area contributed by atoms with Gasteiger partial charge in [0, 0.05) is 0 Å². The van der Waals surface area contributed by atoms with Crippen LogP contribution in [0.1, 0.15) is 57.4 Å². The van der Waals surface area contributed by atoms with Crippen LogP contribution in [0, 0.1) is 0 Å². The van der Waals surface area contributed by atoms with Crippen LogP contribution in [-0.2, 0) is 16.5 Å². The fraction of sp³-hybridized carbons (Fsp3) is 0.429. The normalized spacial score (nSPS) is 11.1. The molecule has 7 heteroatoms. The van der Waals surface area contributed by atoms with E-state index in [-0.39, 0.29) is 73.5 Å². The van der Waals surface area contributed by atoms with Crippen molar-refractivity contribution in [2.24, 2.45) is 0 Å². The van der Waals surface area contributed by atoms with Crippen molar-refractivity contribution in [3.05, 3.63) is 48.0 Å². The average molecular weight is 431 g/mol. The molecule has 0 heterocycles. The fourth-order valence-electron chi connectivity index (χ4n) is 3.07. The van der Waals surface area contributed by atoms with Crippen LogP contribution in [0.2, 0.25) is 0 Å². The molecule has 0 saturated heterocycles. The smallest absolute Gasteiger partial charge is 0.872 e. The minimum atomic E-state index is -4.45. The Morgan fingerprint density at radius 2 is 1.61 bits per heavy atom. The zero-order valence-electron chi connectivity index (χ0n) is 16.7. The molecule has 2 rings (SSSR count). The molecule has 2 aromatic rings. The van der Waals surface area contributed by atoms with Crippen LogP contribution >= 0.6 is 0 Å². The molecule has 0 aliphatic rings. The molecule has 0 unspecified atom stereocenters. The number of rotatable bonds is 11. The summed E-state index contributed by atoms with van der Waals surface area (Å²) in [6, 6.07) is 10.6. The van der Waals surface area contributed by atoms with E-state index in [1.54, 1.807) is 18.2 Å². The number of ether oxygens (including phenoxy) is 1. The second-order valence-electron chi connectivity index (χ2n) is 6.67. The van der Waals surface area contributed by atoms with Gasteiger partial charge in [-0.05, 0) is 36.6 Å². The molecule has 1 N–H and O–H groups in total. The summed E-state index contributed by atoms with van der Waals surface area (Å²) in [5, 5.41) is 11.5. The molecule has 148 valence electrons. The number of unbranched alkanes of at least 4 members (excludes halogenated alkanes) is 6. The van der Waals surface area contributed by atoms with E-state index in [1.807, 2.05) is 0 Å². The third-order valence-corrected chi connectivity index (χ3v) is 5.38. The van der Waals surface area contributed by atoms with Crippen molar-refractivity contribution < 1.29 is 74.2 Å². The summed E-state index contributed by atoms with van der Waals surface area (Å²) in [6.45, 7) is 2.18. The Bertz CT molecular complexity index is 836. The Labute approximate surface area is 210 Å². The molecule has 0 atom stereocenters. The minimum Gasteiger partial charge on any atom is -0.872 e. The van der Waals surface area contributed by atoms with Gasteiger partial charge in [-0.25, -0.2) is 0 Å². The van der Waals surface area contributed by atoms with Crippen LogP contribution in [0.5, 0.6) is 17.2 Å². The Hall–Kier alpha value is -0.414. The van der Waals surface area contributed by atoms with E-state index < -0.39 is 10.1 Å². The zero-order valence-corrected chi connectivity index (χ0v) is 20.6. The molecule has 0 aliphatic carbocycles. The Morgan fingerprint density at radius 1 is 0.964 bits per heavy atom. The predicted octanol–water partition coefficient (Wildman–Crippen LogP) is 2.10. The zero-order chi connectivity index (χ0) is 19.7. The SMILES string of the molecule is CCCCCCCCCc1cccc(Oc2cccc([O-])c2)c1S(=O)(=O)O.[K+]. The van der Waals surface area contributed by atoms with Crippen molar-refractivity contribution in [1.29, 1.82) is 0 Å². The van der Waals surface area contributed by atoms with Crippen LogP contribution in [0.15, 0.2) is 47.4 Å². The summed E-state index contributed by atoms with van der Waals surface area (Å²) in [6.07, 6.45) is 8.39. The monoisotopic (exact) mass is 430 g/mol. The largest absolute Gasteiger partial charge is 1.00 e. The van der Waals surface area contributed by atoms with E-state index in [4.69, 9.17) is 4.74 Å². The summed E-state index contributed by atoms with van der Waals surface area (Å²) in [4.78, 5) is -0.215. The number of aryl methyl sites for hydroxylation is 1. The molecule has 28 heavy (non-hydrogen) atoms. The first-order valence-corrected chi connectivity index (χ1v) is 10.9. The summed E-state index contributed by atoms with van der Waals surface area (Å²) >= 11 is 0. The van der Waals surface area contributed by atoms with Gasteiger partial charge in [0.15, 0.2) is 0 Å². The molecule has 5 nitrogen and oxygen atoms in total. The van der Waals surface area contributed by atoms with Crippen molar-refractivity contribution in [2.45, 2.75) is 63.2 Å². The summed E-state index contributed by atoms with van der Waals surface area (Å²) in [7, 11) is -4.45. The number of hydrogen-bond acceptors (Lipinski definition) is 4. The summed E-state index contributed by atoms with van der Waals surface area (Å²) < 4.78 is 39.2. The van der Waals surface area contributed by atoms with Gasteiger partial charge in [0.05, 0.1) is 0 Å². The molecule has 0 fully saturated rings. The maximum absolute atomic E-state index is 12.0. The Morgan fingerprint density at radius 3 is 2.25 bits per heavy atom. The van der Waals surface area contributed by atoms with E-state index in [2.05, 4.69) is 6.92 Å². The van der Waals surface area contributed by atoms with Crippen molar-refractivity contribution in [3.63, 3.8) is 0 Å². The van der Waals surface area contributed by atoms with E-state index in [1.165, 1.54) is 49.9 Å². The number of hydrogen-bond donors (Lipinski definition) is 1. The van der Waals surface area contributed by atoms with Gasteiger partial charge >= 0.3 is 51.4 Å². The molecular weight excluding hydrogens is 403 g/mol. The Kier molecular flexibility index (Phi) is 11.9. The second-order valence-corrected chi connectivity index (χ2v) is 8.03. The average Bonchev–Trinajstić information content (AvgIpc) is 2.60. The van der Waals surface area contributed by atoms with Crippen molar-refractivity contribution >= 4 is 10.1 Å². The van der Waals surface area contributed by atoms with E-state index in [9.17, 15) is 18.1 Å². The quantitative estimate of drug-likeness (QED) is 0.335. The van der Waals surface area contributed by atoms with Crippen LogP contribution in [-0.4, -0.2) is 13.0 Å². The summed E-state index contributed by atoms with van der Waals surface area (Å²) in [5.41, 5.74) is 0.529. The van der Waals surface area contributed by atoms with E-state index in [0.717, 1.165) is 19.3 Å². The molecule has 0 amide bonds. The second kappa shape index (κ2) is 13.0. The molecule has 0 bridgehead atoms. The van der Waals surface area contributed by atoms with E-state index >= 15 is 0 Å². The van der Waals surface area contributed by atoms with Gasteiger partial charge < -0.3 is 9.84 Å². The molecule has 0 aromatic heterocycles. The van der Waals surface area contributed by atoms with Gasteiger partial charge in [-0.1, -0.05) is 69.7 Å². The van der Waals surface area contributed by atoms with Crippen molar-refractivity contribution in [3.8, 4) is 17.2 Å². The molecule has 0 saturated carbocycles. The topological polar surface area (TPSA) is 86.7 Å². The van der Waals surface area contributed by atoms with Crippen molar-refractivity contribution in [2.75, 3.05) is 0 Å². The standard InChI is InChI=1S/C21H28O5S.K/c1-2-3-4-5-6-7-8-11-17-12-9-15-20(21(17)27(23,24)25)26-19-14-10-13-18(22)16-19;/h9-10,12-16,22H,2-8,11H2,1H3,(H,23,24,25);/q;+1/p-1. The first-order valence-electron chi connectivity index (χ1n) is 9.46. The molecule has 0 aliphatic heterocycles. The molecule has 0 radical (unpaired) electrons. The van der Waals surface area contributed by atoms with Crippen molar-refractivity contribution in [1.82, 2.24) is 0 Å². The van der Waals surface area contributed by atoms with Crippen LogP contribution < -0.4 is 61.2 Å². The van der Waals surface area contributed by atoms with Crippen LogP contribution in [0.25, 0.3) is 0 Å². The van der Waals surface area contributed by atoms with Crippen LogP contribution in [0.4, 0.5) is 0 Å². The minimum absolute atomic E-state index is 0. The number of benzene rings is 2. The fourth-order valence-corrected chi connectivity index (χ4v) is 3.93. The third-order valence-electron chi connectivity index (χ3n) is 4.40. The first kappa shape index (κ1) is 25.6. The van der Waals surface area contributed by atoms with Gasteiger partial charge in [-0.3, -0.25) is 4.55 Å². The Balaban J connectivity index is 0.00000392. The van der Waals surface area contributed by atoms with Crippen LogP contribution in [0.3, 0.4) is 0 Å². The molecule has 0 spiro atoms. The maximum atomic E-state index is 12.0. The molecular formula is C21H27KO5S. The predicted molar refractivity (Wildman–Crippen MR) is 104 cm³/mol. The third kappa shape index (κ3) is 8.53. The van der Waals surface area contributed by atoms with Gasteiger partial charge in [0.2, 0.25) is 0 Å². The molecule has 2 aromatic carbocycles. The van der Waals surface area contributed by atoms with Gasteiger partial charge in [0.25, 0.3) is 10.1 Å². The van der Waals surface area contributed by atoms with Gasteiger partial charge in [0.1, 0.15) is 16.4 Å².